The van der Waals surface area contributed by atoms with E-state index in [9.17, 15) is 14.0 Å². The molecule has 30 heavy (non-hydrogen) atoms. The first-order chi connectivity index (χ1) is 14.4. The summed E-state index contributed by atoms with van der Waals surface area (Å²) in [6.07, 6.45) is 0. The van der Waals surface area contributed by atoms with E-state index in [-0.39, 0.29) is 30.6 Å². The Morgan fingerprint density at radius 2 is 1.77 bits per heavy atom. The lowest BCUT2D eigenvalue weighted by molar-refractivity contribution is 0.0525. The van der Waals surface area contributed by atoms with Gasteiger partial charge < -0.3 is 14.6 Å². The molecule has 6 heteroatoms. The van der Waals surface area contributed by atoms with Gasteiger partial charge in [-0.05, 0) is 50.1 Å². The van der Waals surface area contributed by atoms with Crippen molar-refractivity contribution in [2.24, 2.45) is 0 Å². The number of hydrogen-bond donors (Lipinski definition) is 1. The number of amides is 1. The van der Waals surface area contributed by atoms with Gasteiger partial charge in [0.25, 0.3) is 5.91 Å². The van der Waals surface area contributed by atoms with Gasteiger partial charge in [0.2, 0.25) is 0 Å². The van der Waals surface area contributed by atoms with Crippen LogP contribution in [0.1, 0.15) is 50.2 Å². The molecule has 0 aliphatic carbocycles. The first-order valence-corrected chi connectivity index (χ1v) is 9.84. The van der Waals surface area contributed by atoms with Crippen LogP contribution < -0.4 is 0 Å². The molecule has 0 bridgehead atoms. The van der Waals surface area contributed by atoms with Crippen molar-refractivity contribution in [2.45, 2.75) is 33.9 Å². The Hall–Kier alpha value is -3.41. The van der Waals surface area contributed by atoms with Crippen molar-refractivity contribution in [1.82, 2.24) is 9.88 Å². The summed E-state index contributed by atoms with van der Waals surface area (Å²) in [6, 6.07) is 15.2. The number of nitrogens with one attached hydrogen (secondary N) is 1. The second-order valence-corrected chi connectivity index (χ2v) is 7.11. The Morgan fingerprint density at radius 1 is 1.03 bits per heavy atom. The van der Waals surface area contributed by atoms with Crippen LogP contribution in [0.3, 0.4) is 0 Å². The molecule has 0 spiro atoms. The summed E-state index contributed by atoms with van der Waals surface area (Å²) in [5, 5.41) is 0. The average Bonchev–Trinajstić information content (AvgIpc) is 3.01. The van der Waals surface area contributed by atoms with Crippen LogP contribution in [0.4, 0.5) is 4.39 Å². The van der Waals surface area contributed by atoms with E-state index >= 15 is 0 Å². The molecular weight excluding hydrogens is 383 g/mol. The van der Waals surface area contributed by atoms with Gasteiger partial charge in [-0.25, -0.2) is 9.18 Å². The number of benzene rings is 2. The van der Waals surface area contributed by atoms with Crippen molar-refractivity contribution < 1.29 is 18.7 Å². The molecule has 0 fully saturated rings. The molecule has 5 nitrogen and oxygen atoms in total. The monoisotopic (exact) mass is 408 g/mol. The van der Waals surface area contributed by atoms with Gasteiger partial charge in [-0.1, -0.05) is 36.4 Å². The van der Waals surface area contributed by atoms with Gasteiger partial charge in [0, 0.05) is 23.5 Å². The molecule has 0 radical (unpaired) electrons. The van der Waals surface area contributed by atoms with Crippen LogP contribution in [0.5, 0.6) is 0 Å². The molecule has 1 aromatic heterocycles. The van der Waals surface area contributed by atoms with Crippen LogP contribution >= 0.6 is 0 Å². The quantitative estimate of drug-likeness (QED) is 0.572. The number of carbonyl (C=O) groups excluding carboxylic acids is 2. The molecule has 0 unspecified atom stereocenters. The third-order valence-corrected chi connectivity index (χ3v) is 4.94. The smallest absolute Gasteiger partial charge is 0.340 e. The number of nitrogens with zero attached hydrogens (tertiary/aromatic N) is 1. The topological polar surface area (TPSA) is 62.4 Å². The molecule has 3 rings (SSSR count). The van der Waals surface area contributed by atoms with Crippen LogP contribution in [0, 0.1) is 19.7 Å². The number of aromatic amines is 1. The summed E-state index contributed by atoms with van der Waals surface area (Å²) in [5.74, 6) is -1.14. The van der Waals surface area contributed by atoms with Crippen LogP contribution in [0.15, 0.2) is 54.6 Å². The fourth-order valence-corrected chi connectivity index (χ4v) is 3.48. The standard InChI is InChI=1S/C24H25FN2O3/c1-4-30-24(29)22-16(2)21(26-17(22)3)15-27(14-18-9-6-5-7-10-18)23(28)19-11-8-12-20(25)13-19/h5-13,26H,4,14-15H2,1-3H3. The van der Waals surface area contributed by atoms with E-state index in [4.69, 9.17) is 4.74 Å². The zero-order valence-corrected chi connectivity index (χ0v) is 17.4. The van der Waals surface area contributed by atoms with Crippen molar-refractivity contribution in [2.75, 3.05) is 6.61 Å². The Kier molecular flexibility index (Phi) is 6.67. The Morgan fingerprint density at radius 3 is 2.43 bits per heavy atom. The number of aryl methyl sites for hydroxylation is 1. The normalized spacial score (nSPS) is 10.7. The molecular formula is C24H25FN2O3. The number of H-pyrrole nitrogens is 1. The summed E-state index contributed by atoms with van der Waals surface area (Å²) < 4.78 is 18.9. The molecule has 156 valence electrons. The molecule has 1 N–H and O–H groups in total. The van der Waals surface area contributed by atoms with Gasteiger partial charge in [0.15, 0.2) is 0 Å². The van der Waals surface area contributed by atoms with Crippen molar-refractivity contribution in [3.05, 3.63) is 94.1 Å². The zero-order chi connectivity index (χ0) is 21.7. The second kappa shape index (κ2) is 9.39. The van der Waals surface area contributed by atoms with Crippen LogP contribution in [-0.2, 0) is 17.8 Å². The Bertz CT molecular complexity index is 1040. The molecule has 2 aromatic carbocycles. The number of ether oxygens (including phenoxy) is 1. The zero-order valence-electron chi connectivity index (χ0n) is 17.4. The highest BCUT2D eigenvalue weighted by Crippen LogP contribution is 2.22. The lowest BCUT2D eigenvalue weighted by atomic mass is 10.1. The number of halogens is 1. The Balaban J connectivity index is 1.94. The van der Waals surface area contributed by atoms with Gasteiger partial charge in [-0.2, -0.15) is 0 Å². The summed E-state index contributed by atoms with van der Waals surface area (Å²) in [7, 11) is 0. The highest BCUT2D eigenvalue weighted by atomic mass is 19.1. The molecule has 0 atom stereocenters. The van der Waals surface area contributed by atoms with Crippen molar-refractivity contribution in [3.63, 3.8) is 0 Å². The highest BCUT2D eigenvalue weighted by molar-refractivity contribution is 5.95. The van der Waals surface area contributed by atoms with E-state index < -0.39 is 5.82 Å². The number of hydrogen-bond acceptors (Lipinski definition) is 3. The average molecular weight is 408 g/mol. The molecule has 3 aromatic rings. The van der Waals surface area contributed by atoms with Gasteiger partial charge in [-0.3, -0.25) is 4.79 Å². The van der Waals surface area contributed by atoms with Crippen LogP contribution in [0.25, 0.3) is 0 Å². The second-order valence-electron chi connectivity index (χ2n) is 7.11. The lowest BCUT2D eigenvalue weighted by Gasteiger charge is -2.23. The number of aromatic nitrogens is 1. The van der Waals surface area contributed by atoms with Crippen molar-refractivity contribution >= 4 is 11.9 Å². The lowest BCUT2D eigenvalue weighted by Crippen LogP contribution is -2.30. The predicted octanol–water partition coefficient (Wildman–Crippen LogP) is 4.79. The fraction of sp³-hybridized carbons (Fsp3) is 0.250. The molecule has 1 heterocycles. The summed E-state index contributed by atoms with van der Waals surface area (Å²) >= 11 is 0. The fourth-order valence-electron chi connectivity index (χ4n) is 3.48. The summed E-state index contributed by atoms with van der Waals surface area (Å²) in [6.45, 7) is 6.28. The van der Waals surface area contributed by atoms with Crippen LogP contribution in [0.2, 0.25) is 0 Å². The minimum Gasteiger partial charge on any atom is -0.462 e. The minimum absolute atomic E-state index is 0.246. The summed E-state index contributed by atoms with van der Waals surface area (Å²) in [5.41, 5.74) is 3.90. The van der Waals surface area contributed by atoms with Gasteiger partial charge in [0.05, 0.1) is 18.7 Å². The molecule has 0 saturated carbocycles. The maximum atomic E-state index is 13.7. The van der Waals surface area contributed by atoms with Gasteiger partial charge in [-0.15, -0.1) is 0 Å². The van der Waals surface area contributed by atoms with Crippen molar-refractivity contribution in [1.29, 1.82) is 0 Å². The van der Waals surface area contributed by atoms with E-state index in [2.05, 4.69) is 4.98 Å². The maximum Gasteiger partial charge on any atom is 0.340 e. The van der Waals surface area contributed by atoms with E-state index in [0.29, 0.717) is 17.8 Å². The maximum absolute atomic E-state index is 13.7. The number of esters is 1. The highest BCUT2D eigenvalue weighted by Gasteiger charge is 2.23. The molecule has 0 aliphatic heterocycles. The first kappa shape index (κ1) is 21.3. The first-order valence-electron chi connectivity index (χ1n) is 9.84. The SMILES string of the molecule is CCOC(=O)c1c(C)[nH]c(CN(Cc2ccccc2)C(=O)c2cccc(F)c2)c1C. The molecule has 0 aliphatic rings. The van der Waals surface area contributed by atoms with E-state index in [1.54, 1.807) is 24.8 Å². The van der Waals surface area contributed by atoms with Gasteiger partial charge >= 0.3 is 5.97 Å². The van der Waals surface area contributed by atoms with Gasteiger partial charge in [0.1, 0.15) is 5.82 Å². The van der Waals surface area contributed by atoms with E-state index in [0.717, 1.165) is 16.8 Å². The Labute approximate surface area is 175 Å². The third-order valence-electron chi connectivity index (χ3n) is 4.94. The molecule has 1 amide bonds. The van der Waals surface area contributed by atoms with Crippen molar-refractivity contribution in [3.8, 4) is 0 Å². The van der Waals surface area contributed by atoms with E-state index in [1.165, 1.54) is 18.2 Å². The van der Waals surface area contributed by atoms with E-state index in [1.807, 2.05) is 37.3 Å². The number of rotatable bonds is 7. The number of carbonyl (C=O) groups is 2. The third kappa shape index (κ3) is 4.76. The summed E-state index contributed by atoms with van der Waals surface area (Å²) in [4.78, 5) is 30.4. The minimum atomic E-state index is -0.461. The predicted molar refractivity (Wildman–Crippen MR) is 113 cm³/mol. The van der Waals surface area contributed by atoms with Crippen LogP contribution in [-0.4, -0.2) is 28.4 Å². The largest absolute Gasteiger partial charge is 0.462 e. The molecule has 0 saturated heterocycles.